The van der Waals surface area contributed by atoms with Crippen LogP contribution in [0.25, 0.3) is 5.69 Å². The van der Waals surface area contributed by atoms with Crippen molar-refractivity contribution in [3.63, 3.8) is 0 Å². The molecule has 0 radical (unpaired) electrons. The smallest absolute Gasteiger partial charge is 0.319 e. The lowest BCUT2D eigenvalue weighted by Gasteiger charge is -2.21. The maximum atomic E-state index is 12.4. The van der Waals surface area contributed by atoms with Crippen LogP contribution < -0.4 is 10.6 Å². The average molecular weight is 355 g/mol. The van der Waals surface area contributed by atoms with Gasteiger partial charge in [-0.25, -0.2) is 9.78 Å². The van der Waals surface area contributed by atoms with E-state index in [0.717, 1.165) is 5.69 Å². The maximum absolute atomic E-state index is 12.4. The third kappa shape index (κ3) is 3.68. The van der Waals surface area contributed by atoms with Gasteiger partial charge in [0.25, 0.3) is 0 Å². The van der Waals surface area contributed by atoms with Gasteiger partial charge in [0.05, 0.1) is 11.7 Å². The molecule has 10 nitrogen and oxygen atoms in total. The van der Waals surface area contributed by atoms with Gasteiger partial charge in [0.15, 0.2) is 5.82 Å². The summed E-state index contributed by atoms with van der Waals surface area (Å²) in [5.74, 6) is 1.56. The zero-order valence-electron chi connectivity index (χ0n) is 15.1. The van der Waals surface area contributed by atoms with Gasteiger partial charge in [-0.1, -0.05) is 13.8 Å². The number of hydrogen-bond donors (Lipinski definition) is 2. The van der Waals surface area contributed by atoms with Crippen molar-refractivity contribution in [2.75, 3.05) is 5.32 Å². The Morgan fingerprint density at radius 3 is 2.46 bits per heavy atom. The lowest BCUT2D eigenvalue weighted by atomic mass is 10.0. The van der Waals surface area contributed by atoms with Crippen molar-refractivity contribution in [1.29, 1.82) is 0 Å². The van der Waals surface area contributed by atoms with Gasteiger partial charge in [-0.15, -0.1) is 5.10 Å². The SMILES string of the molecule is Cc1nnnn1-c1ccc(NC(=O)NC(c2ncnn2C)C(C)C)cc1. The Labute approximate surface area is 150 Å². The number of nitrogens with zero attached hydrogens (tertiary/aromatic N) is 7. The molecule has 3 aromatic rings. The molecular weight excluding hydrogens is 334 g/mol. The molecule has 0 saturated heterocycles. The van der Waals surface area contributed by atoms with Crippen molar-refractivity contribution in [2.24, 2.45) is 13.0 Å². The van der Waals surface area contributed by atoms with E-state index < -0.39 is 0 Å². The number of aryl methyl sites for hydroxylation is 2. The Morgan fingerprint density at radius 1 is 1.19 bits per heavy atom. The van der Waals surface area contributed by atoms with Gasteiger partial charge in [-0.3, -0.25) is 4.68 Å². The molecule has 0 aliphatic rings. The van der Waals surface area contributed by atoms with Crippen LogP contribution in [-0.2, 0) is 7.05 Å². The summed E-state index contributed by atoms with van der Waals surface area (Å²) in [5.41, 5.74) is 1.48. The first kappa shape index (κ1) is 17.5. The van der Waals surface area contributed by atoms with Crippen LogP contribution in [0, 0.1) is 12.8 Å². The molecule has 1 aromatic carbocycles. The summed E-state index contributed by atoms with van der Waals surface area (Å²) < 4.78 is 3.28. The van der Waals surface area contributed by atoms with Crippen molar-refractivity contribution < 1.29 is 4.79 Å². The van der Waals surface area contributed by atoms with Crippen LogP contribution in [-0.4, -0.2) is 41.0 Å². The van der Waals surface area contributed by atoms with Crippen molar-refractivity contribution in [1.82, 2.24) is 40.3 Å². The number of carbonyl (C=O) groups excluding carboxylic acids is 1. The van der Waals surface area contributed by atoms with Crippen LogP contribution in [0.2, 0.25) is 0 Å². The van der Waals surface area contributed by atoms with Crippen molar-refractivity contribution in [2.45, 2.75) is 26.8 Å². The summed E-state index contributed by atoms with van der Waals surface area (Å²) in [5, 5.41) is 21.2. The highest BCUT2D eigenvalue weighted by Crippen LogP contribution is 2.19. The predicted octanol–water partition coefficient (Wildman–Crippen LogP) is 1.62. The highest BCUT2D eigenvalue weighted by atomic mass is 16.2. The average Bonchev–Trinajstić information content (AvgIpc) is 3.21. The summed E-state index contributed by atoms with van der Waals surface area (Å²) in [6.07, 6.45) is 1.48. The van der Waals surface area contributed by atoms with Gasteiger partial charge < -0.3 is 10.6 Å². The number of rotatable bonds is 5. The van der Waals surface area contributed by atoms with Crippen LogP contribution in [0.3, 0.4) is 0 Å². The molecule has 26 heavy (non-hydrogen) atoms. The zero-order valence-corrected chi connectivity index (χ0v) is 15.1. The molecule has 2 heterocycles. The van der Waals surface area contributed by atoms with Gasteiger partial charge in [0, 0.05) is 12.7 Å². The second kappa shape index (κ2) is 7.30. The monoisotopic (exact) mass is 355 g/mol. The van der Waals surface area contributed by atoms with Crippen LogP contribution in [0.1, 0.15) is 31.5 Å². The summed E-state index contributed by atoms with van der Waals surface area (Å²) in [6.45, 7) is 5.85. The standard InChI is InChI=1S/C16H21N9O/c1-10(2)14(15-17-9-18-24(15)4)20-16(26)19-12-5-7-13(8-6-12)25-11(3)21-22-23-25/h5-10,14H,1-4H3,(H2,19,20,26). The van der Waals surface area contributed by atoms with Crippen LogP contribution in [0.5, 0.6) is 0 Å². The fourth-order valence-electron chi connectivity index (χ4n) is 2.58. The van der Waals surface area contributed by atoms with E-state index in [1.165, 1.54) is 6.33 Å². The number of amides is 2. The van der Waals surface area contributed by atoms with E-state index in [1.54, 1.807) is 28.5 Å². The van der Waals surface area contributed by atoms with Crippen molar-refractivity contribution in [3.8, 4) is 5.69 Å². The zero-order chi connectivity index (χ0) is 18.7. The molecule has 1 atom stereocenters. The number of tetrazole rings is 1. The molecule has 136 valence electrons. The largest absolute Gasteiger partial charge is 0.328 e. The Bertz CT molecular complexity index is 881. The number of hydrogen-bond acceptors (Lipinski definition) is 6. The fourth-order valence-corrected chi connectivity index (χ4v) is 2.58. The first-order valence-electron chi connectivity index (χ1n) is 8.22. The van der Waals surface area contributed by atoms with Crippen LogP contribution in [0.15, 0.2) is 30.6 Å². The maximum Gasteiger partial charge on any atom is 0.319 e. The number of urea groups is 1. The Balaban J connectivity index is 1.67. The predicted molar refractivity (Wildman–Crippen MR) is 94.6 cm³/mol. The summed E-state index contributed by atoms with van der Waals surface area (Å²) in [6, 6.07) is 6.71. The fraction of sp³-hybridized carbons (Fsp3) is 0.375. The highest BCUT2D eigenvalue weighted by Gasteiger charge is 2.22. The van der Waals surface area contributed by atoms with Gasteiger partial charge in [0.2, 0.25) is 0 Å². The van der Waals surface area contributed by atoms with Crippen molar-refractivity contribution in [3.05, 3.63) is 42.2 Å². The highest BCUT2D eigenvalue weighted by molar-refractivity contribution is 5.89. The quantitative estimate of drug-likeness (QED) is 0.718. The Kier molecular flexibility index (Phi) is 4.92. The van der Waals surface area contributed by atoms with Gasteiger partial charge in [-0.2, -0.15) is 9.78 Å². The Morgan fingerprint density at radius 2 is 1.92 bits per heavy atom. The molecule has 0 saturated carbocycles. The van der Waals surface area contributed by atoms with E-state index in [1.807, 2.05) is 32.9 Å². The van der Waals surface area contributed by atoms with E-state index in [0.29, 0.717) is 17.3 Å². The normalized spacial score (nSPS) is 12.2. The van der Waals surface area contributed by atoms with Gasteiger partial charge in [0.1, 0.15) is 12.2 Å². The second-order valence-corrected chi connectivity index (χ2v) is 6.25. The topological polar surface area (TPSA) is 115 Å². The number of nitrogens with one attached hydrogen (secondary N) is 2. The number of carbonyl (C=O) groups is 1. The molecule has 0 aliphatic carbocycles. The lowest BCUT2D eigenvalue weighted by molar-refractivity contribution is 0.243. The van der Waals surface area contributed by atoms with Crippen LogP contribution in [0.4, 0.5) is 10.5 Å². The van der Waals surface area contributed by atoms with Crippen LogP contribution >= 0.6 is 0 Å². The molecule has 2 aromatic heterocycles. The van der Waals surface area contributed by atoms with E-state index in [4.69, 9.17) is 0 Å². The molecule has 1 unspecified atom stereocenters. The van der Waals surface area contributed by atoms with E-state index in [-0.39, 0.29) is 18.0 Å². The molecule has 2 amide bonds. The van der Waals surface area contributed by atoms with Crippen molar-refractivity contribution >= 4 is 11.7 Å². The minimum absolute atomic E-state index is 0.161. The molecule has 0 bridgehead atoms. The lowest BCUT2D eigenvalue weighted by Crippen LogP contribution is -2.36. The number of aromatic nitrogens is 7. The molecule has 10 heteroatoms. The minimum atomic E-state index is -0.307. The van der Waals surface area contributed by atoms with E-state index >= 15 is 0 Å². The summed E-state index contributed by atoms with van der Waals surface area (Å²) >= 11 is 0. The Hall–Kier alpha value is -3.30. The first-order valence-corrected chi connectivity index (χ1v) is 8.22. The molecule has 3 rings (SSSR count). The molecular formula is C16H21N9O. The summed E-state index contributed by atoms with van der Waals surface area (Å²) in [4.78, 5) is 16.6. The van der Waals surface area contributed by atoms with Gasteiger partial charge >= 0.3 is 6.03 Å². The number of benzene rings is 1. The number of anilines is 1. The minimum Gasteiger partial charge on any atom is -0.328 e. The summed E-state index contributed by atoms with van der Waals surface area (Å²) in [7, 11) is 1.80. The second-order valence-electron chi connectivity index (χ2n) is 6.25. The van der Waals surface area contributed by atoms with Gasteiger partial charge in [-0.05, 0) is 47.5 Å². The third-order valence-electron chi connectivity index (χ3n) is 3.97. The molecule has 2 N–H and O–H groups in total. The molecule has 0 spiro atoms. The molecule has 0 fully saturated rings. The van der Waals surface area contributed by atoms with E-state index in [2.05, 4.69) is 36.2 Å². The first-order chi connectivity index (χ1) is 12.5. The third-order valence-corrected chi connectivity index (χ3v) is 3.97. The molecule has 0 aliphatic heterocycles. The van der Waals surface area contributed by atoms with E-state index in [9.17, 15) is 4.79 Å².